The van der Waals surface area contributed by atoms with E-state index < -0.39 is 36.8 Å². The Hall–Kier alpha value is -3.81. The number of carbonyl (C=O) groups excluding carboxylic acids is 2. The molecule has 0 heterocycles. The molecule has 10 heteroatoms. The molecule has 3 rings (SSSR count). The van der Waals surface area contributed by atoms with Gasteiger partial charge in [-0.1, -0.05) is 49.7 Å². The highest BCUT2D eigenvalue weighted by Gasteiger charge is 2.43. The Labute approximate surface area is 241 Å². The van der Waals surface area contributed by atoms with Gasteiger partial charge in [0.25, 0.3) is 0 Å². The van der Waals surface area contributed by atoms with Gasteiger partial charge in [0.2, 0.25) is 12.3 Å². The Morgan fingerprint density at radius 3 is 2.41 bits per heavy atom. The summed E-state index contributed by atoms with van der Waals surface area (Å²) in [5.74, 6) is 2.97. The lowest BCUT2D eigenvalue weighted by molar-refractivity contribution is -0.124. The van der Waals surface area contributed by atoms with Crippen LogP contribution in [0.1, 0.15) is 36.8 Å². The highest BCUT2D eigenvalue weighted by atomic mass is 28.3. The van der Waals surface area contributed by atoms with Crippen molar-refractivity contribution in [3.63, 3.8) is 0 Å². The van der Waals surface area contributed by atoms with E-state index in [-0.39, 0.29) is 18.7 Å². The van der Waals surface area contributed by atoms with E-state index in [1.165, 1.54) is 4.90 Å². The van der Waals surface area contributed by atoms with Crippen LogP contribution in [0.25, 0.3) is 0 Å². The molecule has 3 N–H and O–H groups in total. The zero-order valence-electron chi connectivity index (χ0n) is 24.1. The van der Waals surface area contributed by atoms with Crippen molar-refractivity contribution in [2.45, 2.75) is 56.9 Å². The van der Waals surface area contributed by atoms with E-state index in [0.29, 0.717) is 49.1 Å². The maximum atomic E-state index is 14.9. The third-order valence-corrected chi connectivity index (χ3v) is 8.79. The van der Waals surface area contributed by atoms with Crippen molar-refractivity contribution >= 4 is 32.3 Å². The largest absolute Gasteiger partial charge is 0.366 e. The fraction of sp³-hybridized carbons (Fsp3) is 0.387. The van der Waals surface area contributed by atoms with Crippen LogP contribution in [0, 0.1) is 28.9 Å². The van der Waals surface area contributed by atoms with Crippen LogP contribution >= 0.6 is 0 Å². The van der Waals surface area contributed by atoms with E-state index in [1.807, 2.05) is 18.2 Å². The van der Waals surface area contributed by atoms with E-state index in [2.05, 4.69) is 42.1 Å². The van der Waals surface area contributed by atoms with E-state index >= 15 is 0 Å². The van der Waals surface area contributed by atoms with Crippen molar-refractivity contribution in [1.29, 1.82) is 5.41 Å². The molecule has 0 saturated carbocycles. The first-order chi connectivity index (χ1) is 19.5. The number of carbonyl (C=O) groups is 2. The summed E-state index contributed by atoms with van der Waals surface area (Å²) in [5.41, 5.74) is 0.247. The molecule has 0 unspecified atom stereocenters. The molecule has 0 bridgehead atoms. The molecule has 2 aromatic rings. The predicted octanol–water partition coefficient (Wildman–Crippen LogP) is 5.51. The lowest BCUT2D eigenvalue weighted by atomic mass is 9.75. The normalized spacial score (nSPS) is 16.8. The van der Waals surface area contributed by atoms with E-state index in [9.17, 15) is 18.4 Å². The first kappa shape index (κ1) is 31.7. The number of hydrogen-bond acceptors (Lipinski definition) is 5. The van der Waals surface area contributed by atoms with Gasteiger partial charge in [-0.2, -0.15) is 0 Å². The number of nitrogens with zero attached hydrogens (tertiary/aromatic N) is 1. The summed E-state index contributed by atoms with van der Waals surface area (Å²) < 4.78 is 35.6. The number of halogens is 2. The van der Waals surface area contributed by atoms with Crippen LogP contribution in [-0.2, 0) is 14.3 Å². The van der Waals surface area contributed by atoms with Crippen molar-refractivity contribution in [1.82, 2.24) is 10.2 Å². The average molecular weight is 581 g/mol. The Bertz CT molecular complexity index is 1330. The fourth-order valence-corrected chi connectivity index (χ4v) is 5.51. The van der Waals surface area contributed by atoms with Gasteiger partial charge in [0, 0.05) is 50.3 Å². The monoisotopic (exact) mass is 580 g/mol. The number of anilines is 1. The number of likely N-dealkylation sites (N-methyl/N-ethyl adjacent to an activating group) is 1. The second-order valence-electron chi connectivity index (χ2n) is 11.3. The average Bonchev–Trinajstić information content (AvgIpc) is 2.93. The quantitative estimate of drug-likeness (QED) is 0.0771. The molecule has 0 fully saturated rings. The third-order valence-electron chi connectivity index (χ3n) is 7.09. The van der Waals surface area contributed by atoms with Gasteiger partial charge in [-0.25, -0.2) is 8.78 Å². The lowest BCUT2D eigenvalue weighted by Crippen LogP contribution is -2.52. The zero-order chi connectivity index (χ0) is 30.0. The summed E-state index contributed by atoms with van der Waals surface area (Å²) in [7, 11) is 0.299. The second kappa shape index (κ2) is 14.2. The lowest BCUT2D eigenvalue weighted by Gasteiger charge is -2.44. The molecule has 2 aromatic carbocycles. The van der Waals surface area contributed by atoms with Crippen LogP contribution in [0.15, 0.2) is 53.7 Å². The van der Waals surface area contributed by atoms with E-state index in [1.54, 1.807) is 19.2 Å². The second-order valence-corrected chi connectivity index (χ2v) is 17.0. The maximum Gasteiger partial charge on any atom is 0.227 e. The number of rotatable bonds is 12. The van der Waals surface area contributed by atoms with E-state index in [0.717, 1.165) is 24.4 Å². The summed E-state index contributed by atoms with van der Waals surface area (Å²) in [6.45, 7) is 7.65. The summed E-state index contributed by atoms with van der Waals surface area (Å²) >= 11 is 0. The van der Waals surface area contributed by atoms with Gasteiger partial charge in [0.1, 0.15) is 12.4 Å². The molecule has 0 aliphatic heterocycles. The van der Waals surface area contributed by atoms with Crippen LogP contribution in [0.4, 0.5) is 14.5 Å². The molecule has 0 saturated heterocycles. The molecule has 0 spiro atoms. The highest BCUT2D eigenvalue weighted by Crippen LogP contribution is 2.38. The van der Waals surface area contributed by atoms with Gasteiger partial charge < -0.3 is 25.7 Å². The van der Waals surface area contributed by atoms with Crippen LogP contribution in [0.2, 0.25) is 25.7 Å². The number of nitrogens with one attached hydrogen (secondary N) is 3. The van der Waals surface area contributed by atoms with Crippen molar-refractivity contribution < 1.29 is 23.1 Å². The number of hydrogen-bond donors (Lipinski definition) is 3. The zero-order valence-corrected chi connectivity index (χ0v) is 25.1. The first-order valence-electron chi connectivity index (χ1n) is 13.6. The molecular weight excluding hydrogens is 542 g/mol. The Morgan fingerprint density at radius 1 is 1.15 bits per heavy atom. The van der Waals surface area contributed by atoms with Crippen molar-refractivity contribution in [3.05, 3.63) is 76.5 Å². The number of benzene rings is 2. The van der Waals surface area contributed by atoms with Gasteiger partial charge in [0.15, 0.2) is 11.6 Å². The SMILES string of the molecule is CN(C=O)[C@]1(CC(=O)Nc2c(F)cc(C#Cc3ccccc3)cc2F)CCCC(NCOCC[Si](C)(C)C)=C1C=N. The number of ether oxygens (including phenoxy) is 1. The minimum absolute atomic E-state index is 0.128. The molecule has 1 aliphatic rings. The first-order valence-corrected chi connectivity index (χ1v) is 17.3. The molecule has 7 nitrogen and oxygen atoms in total. The molecule has 2 amide bonds. The molecule has 1 atom stereocenters. The van der Waals surface area contributed by atoms with Crippen LogP contribution in [0.3, 0.4) is 0 Å². The van der Waals surface area contributed by atoms with Gasteiger partial charge in [-0.3, -0.25) is 9.59 Å². The smallest absolute Gasteiger partial charge is 0.227 e. The van der Waals surface area contributed by atoms with Gasteiger partial charge in [-0.15, -0.1) is 0 Å². The summed E-state index contributed by atoms with van der Waals surface area (Å²) in [4.78, 5) is 26.5. The topological polar surface area (TPSA) is 94.5 Å². The van der Waals surface area contributed by atoms with Crippen molar-refractivity contribution in [2.24, 2.45) is 0 Å². The summed E-state index contributed by atoms with van der Waals surface area (Å²) in [6, 6.07) is 12.2. The Kier molecular flexibility index (Phi) is 11.0. The number of allylic oxidation sites excluding steroid dienone is 1. The molecule has 0 radical (unpaired) electrons. The minimum atomic E-state index is -1.24. The molecule has 218 valence electrons. The van der Waals surface area contributed by atoms with Crippen LogP contribution < -0.4 is 10.6 Å². The molecule has 41 heavy (non-hydrogen) atoms. The highest BCUT2D eigenvalue weighted by molar-refractivity contribution is 6.76. The van der Waals surface area contributed by atoms with Gasteiger partial charge >= 0.3 is 0 Å². The summed E-state index contributed by atoms with van der Waals surface area (Å²) in [5, 5.41) is 13.7. The maximum absolute atomic E-state index is 14.9. The predicted molar refractivity (Wildman–Crippen MR) is 160 cm³/mol. The minimum Gasteiger partial charge on any atom is -0.366 e. The standard InChI is InChI=1S/C31H38F2N4O3Si/c1-37(22-38)31(14-8-11-28(25(31)20-34)35-21-40-15-16-41(2,3)4)19-29(39)36-30-26(32)17-24(18-27(30)33)13-12-23-9-6-5-7-10-23/h5-7,9-10,17-18,20,22,34-35H,8,11,14-16,19,21H2,1-4H3,(H,36,39)/t31-/m0/s1. The number of amides is 2. The van der Waals surface area contributed by atoms with Crippen LogP contribution in [-0.4, -0.2) is 57.4 Å². The molecular formula is C31H38F2N4O3Si. The van der Waals surface area contributed by atoms with Gasteiger partial charge in [0.05, 0.1) is 12.0 Å². The Balaban J connectivity index is 1.79. The van der Waals surface area contributed by atoms with Crippen LogP contribution in [0.5, 0.6) is 0 Å². The fourth-order valence-electron chi connectivity index (χ4n) is 4.76. The molecule has 0 aromatic heterocycles. The van der Waals surface area contributed by atoms with Crippen molar-refractivity contribution in [2.75, 3.05) is 25.7 Å². The summed E-state index contributed by atoms with van der Waals surface area (Å²) in [6.07, 6.45) is 3.11. The Morgan fingerprint density at radius 2 is 1.80 bits per heavy atom. The van der Waals surface area contributed by atoms with E-state index in [4.69, 9.17) is 10.1 Å². The molecule has 1 aliphatic carbocycles. The van der Waals surface area contributed by atoms with Crippen molar-refractivity contribution in [3.8, 4) is 11.8 Å². The van der Waals surface area contributed by atoms with Gasteiger partial charge in [-0.05, 0) is 49.6 Å². The third kappa shape index (κ3) is 8.59.